The molecule has 0 saturated carbocycles. The largest absolute Gasteiger partial charge is 0.351 e. The number of sulfonamides is 1. The maximum Gasteiger partial charge on any atom is 0.351 e. The summed E-state index contributed by atoms with van der Waals surface area (Å²) in [5.74, 6) is -7.61. The second kappa shape index (κ2) is 7.58. The van der Waals surface area contributed by atoms with Crippen LogP contribution in [0.1, 0.15) is 34.5 Å². The van der Waals surface area contributed by atoms with Crippen molar-refractivity contribution in [3.05, 3.63) is 65.2 Å². The molecule has 3 amide bonds. The van der Waals surface area contributed by atoms with Crippen molar-refractivity contribution in [1.82, 2.24) is 10.2 Å². The Morgan fingerprint density at radius 1 is 1.17 bits per heavy atom. The molecule has 2 aromatic rings. The standard InChI is InChI=1S/C19H17F2N3O5S/c1-11(12-5-4-6-13(9-12)30(22,28)29)23-16(25)10-24-17(26)14-7-2-3-8-15(14)19(20,21)18(24)27/h2-9,11H,10H2,1H3,(H,23,25)(H2,22,28,29). The van der Waals surface area contributed by atoms with Crippen molar-refractivity contribution in [3.8, 4) is 0 Å². The number of hydrogen-bond donors (Lipinski definition) is 2. The molecule has 0 fully saturated rings. The van der Waals surface area contributed by atoms with E-state index in [-0.39, 0.29) is 15.4 Å². The van der Waals surface area contributed by atoms with Gasteiger partial charge in [-0.15, -0.1) is 0 Å². The van der Waals surface area contributed by atoms with E-state index in [1.807, 2.05) is 0 Å². The van der Waals surface area contributed by atoms with Gasteiger partial charge >= 0.3 is 11.8 Å². The van der Waals surface area contributed by atoms with Crippen molar-refractivity contribution >= 4 is 27.7 Å². The van der Waals surface area contributed by atoms with Gasteiger partial charge in [-0.05, 0) is 30.7 Å². The molecule has 0 radical (unpaired) electrons. The number of primary sulfonamides is 1. The highest BCUT2D eigenvalue weighted by molar-refractivity contribution is 7.89. The lowest BCUT2D eigenvalue weighted by Crippen LogP contribution is -2.53. The zero-order valence-corrected chi connectivity index (χ0v) is 16.4. The fraction of sp³-hybridized carbons (Fsp3) is 0.211. The molecule has 30 heavy (non-hydrogen) atoms. The Kier molecular flexibility index (Phi) is 5.44. The summed E-state index contributed by atoms with van der Waals surface area (Å²) in [4.78, 5) is 37.0. The molecule has 1 atom stereocenters. The Morgan fingerprint density at radius 3 is 2.50 bits per heavy atom. The van der Waals surface area contributed by atoms with E-state index in [0.717, 1.165) is 12.1 Å². The van der Waals surface area contributed by atoms with Crippen molar-refractivity contribution < 1.29 is 31.6 Å². The summed E-state index contributed by atoms with van der Waals surface area (Å²) in [6.45, 7) is 0.602. The summed E-state index contributed by atoms with van der Waals surface area (Å²) in [6, 6.07) is 9.54. The van der Waals surface area contributed by atoms with Crippen LogP contribution in [-0.4, -0.2) is 37.6 Å². The van der Waals surface area contributed by atoms with Crippen molar-refractivity contribution in [1.29, 1.82) is 0 Å². The van der Waals surface area contributed by atoms with Crippen molar-refractivity contribution in [2.45, 2.75) is 23.8 Å². The highest BCUT2D eigenvalue weighted by Crippen LogP contribution is 2.37. The van der Waals surface area contributed by atoms with Gasteiger partial charge in [0.1, 0.15) is 6.54 Å². The maximum atomic E-state index is 14.4. The van der Waals surface area contributed by atoms with Gasteiger partial charge in [0.25, 0.3) is 5.91 Å². The highest BCUT2D eigenvalue weighted by Gasteiger charge is 2.52. The Morgan fingerprint density at radius 2 is 1.83 bits per heavy atom. The number of nitrogens with zero attached hydrogens (tertiary/aromatic N) is 1. The monoisotopic (exact) mass is 437 g/mol. The molecule has 1 aliphatic rings. The van der Waals surface area contributed by atoms with Gasteiger partial charge in [-0.25, -0.2) is 13.6 Å². The summed E-state index contributed by atoms with van der Waals surface area (Å²) >= 11 is 0. The third kappa shape index (κ3) is 3.94. The predicted octanol–water partition coefficient (Wildman–Crippen LogP) is 1.29. The first-order valence-corrected chi connectivity index (χ1v) is 10.2. The molecular weight excluding hydrogens is 420 g/mol. The summed E-state index contributed by atoms with van der Waals surface area (Å²) in [5, 5.41) is 7.53. The van der Waals surface area contributed by atoms with Crippen LogP contribution in [0, 0.1) is 0 Å². The van der Waals surface area contributed by atoms with Gasteiger partial charge in [0.15, 0.2) is 0 Å². The second-order valence-electron chi connectivity index (χ2n) is 6.72. The fourth-order valence-electron chi connectivity index (χ4n) is 3.08. The average molecular weight is 437 g/mol. The number of hydrogen-bond acceptors (Lipinski definition) is 5. The number of fused-ring (bicyclic) bond motifs is 1. The molecule has 0 spiro atoms. The number of amides is 3. The molecule has 1 heterocycles. The number of carbonyl (C=O) groups excluding carboxylic acids is 3. The number of carbonyl (C=O) groups is 3. The van der Waals surface area contributed by atoms with Crippen LogP contribution >= 0.6 is 0 Å². The van der Waals surface area contributed by atoms with Crippen molar-refractivity contribution in [2.75, 3.05) is 6.54 Å². The van der Waals surface area contributed by atoms with Gasteiger partial charge in [-0.1, -0.05) is 30.3 Å². The van der Waals surface area contributed by atoms with E-state index in [1.54, 1.807) is 0 Å². The molecular formula is C19H17F2N3O5S. The molecule has 0 bridgehead atoms. The van der Waals surface area contributed by atoms with E-state index in [4.69, 9.17) is 5.14 Å². The Labute approximate surface area is 170 Å². The summed E-state index contributed by atoms with van der Waals surface area (Å²) in [6.07, 6.45) is 0. The Bertz CT molecular complexity index is 1150. The maximum absolute atomic E-state index is 14.4. The number of imide groups is 1. The lowest BCUT2D eigenvalue weighted by atomic mass is 9.95. The van der Waals surface area contributed by atoms with Gasteiger partial charge in [0.2, 0.25) is 15.9 Å². The fourth-order valence-corrected chi connectivity index (χ4v) is 3.65. The zero-order chi connectivity index (χ0) is 22.3. The van der Waals surface area contributed by atoms with Gasteiger partial charge in [-0.2, -0.15) is 8.78 Å². The van der Waals surface area contributed by atoms with E-state index in [1.165, 1.54) is 43.3 Å². The number of nitrogens with one attached hydrogen (secondary N) is 1. The first kappa shape index (κ1) is 21.5. The average Bonchev–Trinajstić information content (AvgIpc) is 2.69. The molecule has 1 unspecified atom stereocenters. The molecule has 3 rings (SSSR count). The van der Waals surface area contributed by atoms with E-state index < -0.39 is 51.8 Å². The topological polar surface area (TPSA) is 127 Å². The summed E-state index contributed by atoms with van der Waals surface area (Å²) < 4.78 is 51.7. The van der Waals surface area contributed by atoms with Gasteiger partial charge in [0.05, 0.1) is 10.9 Å². The van der Waals surface area contributed by atoms with Crippen LogP contribution in [-0.2, 0) is 25.5 Å². The molecule has 0 aromatic heterocycles. The third-order valence-corrected chi connectivity index (χ3v) is 5.53. The van der Waals surface area contributed by atoms with E-state index in [9.17, 15) is 31.6 Å². The molecule has 3 N–H and O–H groups in total. The summed E-state index contributed by atoms with van der Waals surface area (Å²) in [7, 11) is -3.96. The van der Waals surface area contributed by atoms with Crippen molar-refractivity contribution in [2.24, 2.45) is 5.14 Å². The molecule has 0 aliphatic carbocycles. The van der Waals surface area contributed by atoms with Crippen LogP contribution < -0.4 is 10.5 Å². The molecule has 0 saturated heterocycles. The van der Waals surface area contributed by atoms with E-state index >= 15 is 0 Å². The number of alkyl halides is 2. The minimum absolute atomic E-state index is 0.168. The van der Waals surface area contributed by atoms with E-state index in [0.29, 0.717) is 5.56 Å². The molecule has 11 heteroatoms. The van der Waals surface area contributed by atoms with Gasteiger partial charge < -0.3 is 5.32 Å². The Balaban J connectivity index is 1.78. The van der Waals surface area contributed by atoms with Crippen molar-refractivity contribution in [3.63, 3.8) is 0 Å². The second-order valence-corrected chi connectivity index (χ2v) is 8.28. The lowest BCUT2D eigenvalue weighted by molar-refractivity contribution is -0.158. The molecule has 158 valence electrons. The van der Waals surface area contributed by atoms with E-state index in [2.05, 4.69) is 5.32 Å². The van der Waals surface area contributed by atoms with Crippen LogP contribution in [0.2, 0.25) is 0 Å². The minimum Gasteiger partial charge on any atom is -0.348 e. The molecule has 8 nitrogen and oxygen atoms in total. The normalized spacial score (nSPS) is 16.7. The lowest BCUT2D eigenvalue weighted by Gasteiger charge is -2.31. The first-order chi connectivity index (χ1) is 13.9. The van der Waals surface area contributed by atoms with Crippen LogP contribution in [0.15, 0.2) is 53.4 Å². The number of halogens is 2. The first-order valence-electron chi connectivity index (χ1n) is 8.68. The molecule has 1 aliphatic heterocycles. The number of nitrogens with two attached hydrogens (primary N) is 1. The van der Waals surface area contributed by atoms with Gasteiger partial charge in [-0.3, -0.25) is 19.3 Å². The Hall–Kier alpha value is -3.18. The predicted molar refractivity (Wildman–Crippen MR) is 101 cm³/mol. The van der Waals surface area contributed by atoms with Crippen LogP contribution in [0.4, 0.5) is 8.78 Å². The van der Waals surface area contributed by atoms with Crippen LogP contribution in [0.3, 0.4) is 0 Å². The quantitative estimate of drug-likeness (QED) is 0.682. The smallest absolute Gasteiger partial charge is 0.348 e. The third-order valence-electron chi connectivity index (χ3n) is 4.62. The number of benzene rings is 2. The van der Waals surface area contributed by atoms with Crippen LogP contribution in [0.5, 0.6) is 0 Å². The van der Waals surface area contributed by atoms with Crippen LogP contribution in [0.25, 0.3) is 0 Å². The zero-order valence-electron chi connectivity index (χ0n) is 15.6. The summed E-state index contributed by atoms with van der Waals surface area (Å²) in [5.41, 5.74) is -0.685. The number of rotatable bonds is 5. The molecule has 2 aromatic carbocycles. The SMILES string of the molecule is CC(NC(=O)CN1C(=O)c2ccccc2C(F)(F)C1=O)c1cccc(S(N)(=O)=O)c1. The highest BCUT2D eigenvalue weighted by atomic mass is 32.2. The van der Waals surface area contributed by atoms with Gasteiger partial charge in [0, 0.05) is 11.1 Å². The minimum atomic E-state index is -3.96.